The third-order valence-corrected chi connectivity index (χ3v) is 6.53. The lowest BCUT2D eigenvalue weighted by Gasteiger charge is -2.20. The van der Waals surface area contributed by atoms with Crippen LogP contribution in [0, 0.1) is 11.8 Å². The molecule has 5 rings (SSSR count). The molecule has 0 bridgehead atoms. The zero-order valence-electron chi connectivity index (χ0n) is 22.8. The van der Waals surface area contributed by atoms with Crippen LogP contribution in [-0.4, -0.2) is 37.9 Å². The van der Waals surface area contributed by atoms with E-state index >= 15 is 0 Å². The van der Waals surface area contributed by atoms with E-state index in [0.29, 0.717) is 51.8 Å². The molecule has 0 aliphatic carbocycles. The molecule has 1 unspecified atom stereocenters. The number of amides is 2. The van der Waals surface area contributed by atoms with E-state index in [1.807, 2.05) is 18.2 Å². The van der Waals surface area contributed by atoms with Crippen LogP contribution in [0.5, 0.6) is 0 Å². The first kappa shape index (κ1) is 27.7. The molecule has 4 N–H and O–H groups in total. The molecule has 10 nitrogen and oxygen atoms in total. The third kappa shape index (κ3) is 5.57. The van der Waals surface area contributed by atoms with Gasteiger partial charge in [-0.3, -0.25) is 23.9 Å². The largest absolute Gasteiger partial charge is 0.383 e. The molecule has 5 aromatic rings. The van der Waals surface area contributed by atoms with Crippen LogP contribution in [0.2, 0.25) is 0 Å². The molecule has 2 amide bonds. The van der Waals surface area contributed by atoms with Gasteiger partial charge in [0.15, 0.2) is 0 Å². The van der Waals surface area contributed by atoms with Gasteiger partial charge in [-0.25, -0.2) is 9.97 Å². The smallest absolute Gasteiger partial charge is 0.267 e. The van der Waals surface area contributed by atoms with Crippen molar-refractivity contribution in [3.63, 3.8) is 0 Å². The van der Waals surface area contributed by atoms with E-state index in [1.54, 1.807) is 61.8 Å². The number of fused-ring (bicyclic) bond motifs is 2. The molecule has 0 saturated carbocycles. The highest BCUT2D eigenvalue weighted by atomic mass is 16.2. The van der Waals surface area contributed by atoms with Crippen LogP contribution < -0.4 is 21.9 Å². The minimum Gasteiger partial charge on any atom is -0.383 e. The fraction of sp³-hybridized carbons (Fsp3) is 0.125. The maximum absolute atomic E-state index is 14.1. The lowest BCUT2D eigenvalue weighted by atomic mass is 10.1. The zero-order chi connectivity index (χ0) is 29.6. The second-order valence-corrected chi connectivity index (χ2v) is 9.35. The average Bonchev–Trinajstić information content (AvgIpc) is 3.00. The van der Waals surface area contributed by atoms with Crippen LogP contribution in [0.1, 0.15) is 41.1 Å². The second kappa shape index (κ2) is 12.1. The monoisotopic (exact) mass is 557 g/mol. The molecule has 10 heteroatoms. The summed E-state index contributed by atoms with van der Waals surface area (Å²) in [4.78, 5) is 52.3. The third-order valence-electron chi connectivity index (χ3n) is 6.53. The van der Waals surface area contributed by atoms with Gasteiger partial charge in [-0.05, 0) is 49.4 Å². The first-order valence-corrected chi connectivity index (χ1v) is 13.2. The number of para-hydroxylation sites is 1. The number of carbonyl (C=O) groups excluding carboxylic acids is 2. The van der Waals surface area contributed by atoms with Crippen molar-refractivity contribution < 1.29 is 9.59 Å². The van der Waals surface area contributed by atoms with E-state index in [0.717, 1.165) is 0 Å². The minimum atomic E-state index is -0.712. The Kier molecular flexibility index (Phi) is 8.02. The summed E-state index contributed by atoms with van der Waals surface area (Å²) >= 11 is 0. The summed E-state index contributed by atoms with van der Waals surface area (Å²) in [6.45, 7) is 5.52. The Labute approximate surface area is 241 Å². The summed E-state index contributed by atoms with van der Waals surface area (Å²) < 4.78 is 1.48. The van der Waals surface area contributed by atoms with Crippen molar-refractivity contribution in [1.29, 1.82) is 0 Å². The standard InChI is InChI=1S/C32H27N7O3/c1-3-25(40)34-17-8-7-11-21-12-9-16-24-26(21)32(42)39(23-14-5-4-6-15-23)30(38-24)20(2)37-31(41)27-28-22(13-10-18-35-28)19-36-29(27)33/h3-6,9-10,12-16,18-20H,1,8,17H2,2H3,(H2,33,36)(H,34,40)(H,37,41). The lowest BCUT2D eigenvalue weighted by Crippen LogP contribution is -2.34. The van der Waals surface area contributed by atoms with Gasteiger partial charge in [-0.15, -0.1) is 0 Å². The van der Waals surface area contributed by atoms with E-state index < -0.39 is 11.9 Å². The predicted molar refractivity (Wildman–Crippen MR) is 162 cm³/mol. The molecule has 0 saturated heterocycles. The number of hydrogen-bond donors (Lipinski definition) is 3. The van der Waals surface area contributed by atoms with Crippen molar-refractivity contribution in [2.24, 2.45) is 0 Å². The second-order valence-electron chi connectivity index (χ2n) is 9.35. The van der Waals surface area contributed by atoms with E-state index in [-0.39, 0.29) is 22.8 Å². The van der Waals surface area contributed by atoms with E-state index in [1.165, 1.54) is 10.6 Å². The molecule has 0 radical (unpaired) electrons. The van der Waals surface area contributed by atoms with Gasteiger partial charge < -0.3 is 16.4 Å². The molecule has 208 valence electrons. The highest BCUT2D eigenvalue weighted by Crippen LogP contribution is 2.23. The molecular formula is C32H27N7O3. The predicted octanol–water partition coefficient (Wildman–Crippen LogP) is 3.45. The van der Waals surface area contributed by atoms with Gasteiger partial charge >= 0.3 is 0 Å². The molecular weight excluding hydrogens is 530 g/mol. The summed E-state index contributed by atoms with van der Waals surface area (Å²) in [5.41, 5.74) is 7.86. The highest BCUT2D eigenvalue weighted by Gasteiger charge is 2.23. The number of anilines is 1. The Balaban J connectivity index is 1.57. The molecule has 0 spiro atoms. The van der Waals surface area contributed by atoms with Gasteiger partial charge in [0.2, 0.25) is 5.91 Å². The number of nitrogen functional groups attached to an aromatic ring is 1. The summed E-state index contributed by atoms with van der Waals surface area (Å²) in [5, 5.41) is 6.62. The molecule has 1 atom stereocenters. The van der Waals surface area contributed by atoms with Gasteiger partial charge in [-0.2, -0.15) is 0 Å². The van der Waals surface area contributed by atoms with Gasteiger partial charge in [-0.1, -0.05) is 42.7 Å². The normalized spacial score (nSPS) is 11.4. The van der Waals surface area contributed by atoms with Gasteiger partial charge in [0.05, 0.1) is 28.1 Å². The fourth-order valence-electron chi connectivity index (χ4n) is 4.56. The van der Waals surface area contributed by atoms with Crippen LogP contribution >= 0.6 is 0 Å². The van der Waals surface area contributed by atoms with Crippen LogP contribution in [0.4, 0.5) is 5.82 Å². The number of carbonyl (C=O) groups is 2. The number of benzene rings is 2. The maximum Gasteiger partial charge on any atom is 0.267 e. The van der Waals surface area contributed by atoms with E-state index in [4.69, 9.17) is 10.7 Å². The molecule has 0 aliphatic rings. The maximum atomic E-state index is 14.1. The Morgan fingerprint density at radius 2 is 1.90 bits per heavy atom. The quantitative estimate of drug-likeness (QED) is 0.158. The van der Waals surface area contributed by atoms with E-state index in [9.17, 15) is 14.4 Å². The first-order valence-electron chi connectivity index (χ1n) is 13.2. The van der Waals surface area contributed by atoms with E-state index in [2.05, 4.69) is 39.0 Å². The van der Waals surface area contributed by atoms with Gasteiger partial charge in [0.25, 0.3) is 11.5 Å². The summed E-state index contributed by atoms with van der Waals surface area (Å²) in [5.74, 6) is 5.65. The van der Waals surface area contributed by atoms with Crippen LogP contribution in [0.15, 0.2) is 90.5 Å². The number of pyridine rings is 2. The van der Waals surface area contributed by atoms with Crippen molar-refractivity contribution >= 4 is 39.4 Å². The van der Waals surface area contributed by atoms with Gasteiger partial charge in [0.1, 0.15) is 17.2 Å². The molecule has 2 aromatic carbocycles. The number of nitrogens with two attached hydrogens (primary N) is 1. The molecule has 0 aliphatic heterocycles. The van der Waals surface area contributed by atoms with Gasteiger partial charge in [0, 0.05) is 36.3 Å². The Morgan fingerprint density at radius 1 is 1.10 bits per heavy atom. The van der Waals surface area contributed by atoms with Crippen molar-refractivity contribution in [2.45, 2.75) is 19.4 Å². The Morgan fingerprint density at radius 3 is 2.69 bits per heavy atom. The Bertz CT molecular complexity index is 1960. The van der Waals surface area contributed by atoms with Crippen molar-refractivity contribution in [1.82, 2.24) is 30.2 Å². The fourth-order valence-corrected chi connectivity index (χ4v) is 4.56. The SMILES string of the molecule is C=CC(=O)NCCC#Cc1cccc2nc(C(C)NC(=O)c3c(N)ncc4cccnc34)n(-c3ccccc3)c(=O)c12. The van der Waals surface area contributed by atoms with Crippen molar-refractivity contribution in [2.75, 3.05) is 12.3 Å². The van der Waals surface area contributed by atoms with Crippen molar-refractivity contribution in [3.8, 4) is 17.5 Å². The number of nitrogens with one attached hydrogen (secondary N) is 2. The van der Waals surface area contributed by atoms with Crippen molar-refractivity contribution in [3.05, 3.63) is 113 Å². The summed E-state index contributed by atoms with van der Waals surface area (Å²) in [6.07, 6.45) is 4.73. The molecule has 3 aromatic heterocycles. The average molecular weight is 558 g/mol. The van der Waals surface area contributed by atoms with Crippen LogP contribution in [-0.2, 0) is 4.79 Å². The Hall–Kier alpha value is -5.82. The lowest BCUT2D eigenvalue weighted by molar-refractivity contribution is -0.116. The van der Waals surface area contributed by atoms with Crippen LogP contribution in [0.25, 0.3) is 27.5 Å². The highest BCUT2D eigenvalue weighted by molar-refractivity contribution is 6.09. The number of rotatable bonds is 7. The number of aromatic nitrogens is 4. The zero-order valence-corrected chi connectivity index (χ0v) is 22.8. The number of nitrogens with zero attached hydrogens (tertiary/aromatic N) is 4. The molecule has 42 heavy (non-hydrogen) atoms. The summed E-state index contributed by atoms with van der Waals surface area (Å²) in [7, 11) is 0. The minimum absolute atomic E-state index is 0.0464. The summed E-state index contributed by atoms with van der Waals surface area (Å²) in [6, 6.07) is 17.2. The molecule has 0 fully saturated rings. The number of hydrogen-bond acceptors (Lipinski definition) is 7. The topological polar surface area (TPSA) is 145 Å². The van der Waals surface area contributed by atoms with Crippen LogP contribution in [0.3, 0.4) is 0 Å². The molecule has 3 heterocycles. The first-order chi connectivity index (χ1) is 20.4.